The van der Waals surface area contributed by atoms with Gasteiger partial charge in [-0.25, -0.2) is 0 Å². The molecule has 1 spiro atoms. The zero-order valence-electron chi connectivity index (χ0n) is 15.1. The Hall–Kier alpha value is -0.410. The summed E-state index contributed by atoms with van der Waals surface area (Å²) in [4.78, 5) is 12.6. The van der Waals surface area contributed by atoms with Crippen LogP contribution in [-0.4, -0.2) is 21.8 Å². The summed E-state index contributed by atoms with van der Waals surface area (Å²) in [6.45, 7) is 8.56. The lowest BCUT2D eigenvalue weighted by atomic mass is 9.40. The maximum absolute atomic E-state index is 12.6. The highest BCUT2D eigenvalue weighted by Gasteiger charge is 2.69. The molecule has 2 N–H and O–H groups in total. The summed E-state index contributed by atoms with van der Waals surface area (Å²) in [5.74, 6) is -0.00566. The summed E-state index contributed by atoms with van der Waals surface area (Å²) in [7, 11) is 0. The van der Waals surface area contributed by atoms with Gasteiger partial charge in [-0.15, -0.1) is 0 Å². The third-order valence-corrected chi connectivity index (χ3v) is 8.74. The van der Waals surface area contributed by atoms with E-state index in [0.717, 1.165) is 18.3 Å². The molecule has 0 amide bonds. The molecule has 0 saturated heterocycles. The summed E-state index contributed by atoms with van der Waals surface area (Å²) < 4.78 is 0. The minimum atomic E-state index is -2.14. The second kappa shape index (κ2) is 4.40. The molecule has 0 unspecified atom stereocenters. The molecule has 4 rings (SSSR count). The topological polar surface area (TPSA) is 57.5 Å². The van der Waals surface area contributed by atoms with Gasteiger partial charge in [0.25, 0.3) is 0 Å². The highest BCUT2D eigenvalue weighted by Crippen LogP contribution is 2.72. The quantitative estimate of drug-likeness (QED) is 0.671. The van der Waals surface area contributed by atoms with E-state index in [1.165, 1.54) is 32.1 Å². The van der Waals surface area contributed by atoms with E-state index in [-0.39, 0.29) is 23.5 Å². The van der Waals surface area contributed by atoms with E-state index < -0.39 is 11.2 Å². The lowest BCUT2D eigenvalue weighted by Gasteiger charge is -2.64. The number of aliphatic hydroxyl groups is 2. The van der Waals surface area contributed by atoms with Gasteiger partial charge in [0, 0.05) is 11.8 Å². The molecule has 130 valence electrons. The zero-order valence-corrected chi connectivity index (χ0v) is 15.1. The molecule has 0 aromatic carbocycles. The summed E-state index contributed by atoms with van der Waals surface area (Å²) >= 11 is 0. The van der Waals surface area contributed by atoms with Gasteiger partial charge in [-0.3, -0.25) is 4.79 Å². The Morgan fingerprint density at radius 3 is 2.39 bits per heavy atom. The highest BCUT2D eigenvalue weighted by atomic mass is 16.5. The summed E-state index contributed by atoms with van der Waals surface area (Å²) in [5, 5.41) is 21.0. The van der Waals surface area contributed by atoms with Gasteiger partial charge >= 0.3 is 0 Å². The molecule has 23 heavy (non-hydrogen) atoms. The van der Waals surface area contributed by atoms with Gasteiger partial charge < -0.3 is 10.2 Å². The molecule has 0 aromatic heterocycles. The average Bonchev–Trinajstić information content (AvgIpc) is 2.65. The molecule has 6 atom stereocenters. The van der Waals surface area contributed by atoms with Crippen molar-refractivity contribution >= 4 is 5.78 Å². The van der Waals surface area contributed by atoms with Crippen molar-refractivity contribution < 1.29 is 15.0 Å². The van der Waals surface area contributed by atoms with Crippen molar-refractivity contribution in [1.29, 1.82) is 0 Å². The minimum absolute atomic E-state index is 0.131. The first-order valence-electron chi connectivity index (χ1n) is 9.53. The third kappa shape index (κ3) is 1.87. The molecule has 0 aliphatic heterocycles. The van der Waals surface area contributed by atoms with Crippen LogP contribution < -0.4 is 0 Å². The van der Waals surface area contributed by atoms with Gasteiger partial charge in [-0.2, -0.15) is 0 Å². The van der Waals surface area contributed by atoms with Crippen molar-refractivity contribution in [2.75, 3.05) is 0 Å². The lowest BCUT2D eigenvalue weighted by Crippen LogP contribution is -2.66. The van der Waals surface area contributed by atoms with E-state index in [4.69, 9.17) is 0 Å². The van der Waals surface area contributed by atoms with Crippen molar-refractivity contribution in [1.82, 2.24) is 0 Å². The number of rotatable bonds is 0. The number of hydrogen-bond donors (Lipinski definition) is 2. The lowest BCUT2D eigenvalue weighted by molar-refractivity contribution is -0.252. The minimum Gasteiger partial charge on any atom is -0.360 e. The molecule has 4 aliphatic rings. The van der Waals surface area contributed by atoms with Crippen molar-refractivity contribution in [3.05, 3.63) is 0 Å². The van der Waals surface area contributed by atoms with Gasteiger partial charge in [0.05, 0.1) is 0 Å². The molecule has 0 radical (unpaired) electrons. The monoisotopic (exact) mass is 320 g/mol. The maximum atomic E-state index is 12.6. The van der Waals surface area contributed by atoms with E-state index >= 15 is 0 Å². The Morgan fingerprint density at radius 1 is 1.00 bits per heavy atom. The fraction of sp³-hybridized carbons (Fsp3) is 0.950. The number of fused-ring (bicyclic) bond motifs is 3. The van der Waals surface area contributed by atoms with Gasteiger partial charge in [0.2, 0.25) is 5.79 Å². The van der Waals surface area contributed by atoms with Crippen LogP contribution in [-0.2, 0) is 4.79 Å². The van der Waals surface area contributed by atoms with Crippen LogP contribution in [0.25, 0.3) is 0 Å². The Balaban J connectivity index is 1.79. The SMILES string of the molecule is C[C@@H]1C[C@]23CC[C@H]4C(C)(C)C(=O)C(O)(O)C[C@]4(C)[C@H]2CC[C@@H]1C3. The first-order valence-corrected chi connectivity index (χ1v) is 9.53. The Morgan fingerprint density at radius 2 is 1.70 bits per heavy atom. The van der Waals surface area contributed by atoms with Crippen molar-refractivity contribution in [3.8, 4) is 0 Å². The fourth-order valence-corrected chi connectivity index (χ4v) is 8.10. The number of carbonyl (C=O) groups is 1. The van der Waals surface area contributed by atoms with E-state index in [9.17, 15) is 15.0 Å². The van der Waals surface area contributed by atoms with Gasteiger partial charge in [-0.05, 0) is 73.0 Å². The largest absolute Gasteiger partial charge is 0.360 e. The molecular weight excluding hydrogens is 288 g/mol. The Kier molecular flexibility index (Phi) is 3.08. The first-order chi connectivity index (χ1) is 10.5. The molecule has 0 aromatic rings. The van der Waals surface area contributed by atoms with Crippen LogP contribution in [0.2, 0.25) is 0 Å². The highest BCUT2D eigenvalue weighted by molar-refractivity contribution is 5.91. The predicted octanol–water partition coefficient (Wildman–Crippen LogP) is 3.53. The molecule has 4 aliphatic carbocycles. The molecule has 3 nitrogen and oxygen atoms in total. The summed E-state index contributed by atoms with van der Waals surface area (Å²) in [6.07, 6.45) is 7.68. The molecule has 4 saturated carbocycles. The number of Topliss-reactive ketones (excluding diaryl/α,β-unsaturated/α-hetero) is 1. The van der Waals surface area contributed by atoms with Crippen molar-refractivity contribution in [2.45, 2.75) is 78.4 Å². The molecule has 4 fully saturated rings. The third-order valence-electron chi connectivity index (χ3n) is 8.74. The van der Waals surface area contributed by atoms with Crippen LogP contribution in [0.3, 0.4) is 0 Å². The molecule has 2 bridgehead atoms. The van der Waals surface area contributed by atoms with Crippen LogP contribution in [0.1, 0.15) is 72.6 Å². The smallest absolute Gasteiger partial charge is 0.225 e. The van der Waals surface area contributed by atoms with Crippen molar-refractivity contribution in [3.63, 3.8) is 0 Å². The molecule has 3 heteroatoms. The fourth-order valence-electron chi connectivity index (χ4n) is 8.10. The average molecular weight is 320 g/mol. The second-order valence-electron chi connectivity index (χ2n) is 10.3. The van der Waals surface area contributed by atoms with Gasteiger partial charge in [0.1, 0.15) is 0 Å². The maximum Gasteiger partial charge on any atom is 0.225 e. The normalized spacial score (nSPS) is 53.6. The van der Waals surface area contributed by atoms with Gasteiger partial charge in [0.15, 0.2) is 5.78 Å². The van der Waals surface area contributed by atoms with E-state index in [1.807, 2.05) is 13.8 Å². The van der Waals surface area contributed by atoms with Crippen LogP contribution in [0.5, 0.6) is 0 Å². The van der Waals surface area contributed by atoms with Crippen LogP contribution in [0, 0.1) is 39.9 Å². The van der Waals surface area contributed by atoms with Crippen molar-refractivity contribution in [2.24, 2.45) is 39.9 Å². The summed E-state index contributed by atoms with van der Waals surface area (Å²) in [5.41, 5.74) is -0.368. The van der Waals surface area contributed by atoms with E-state index in [2.05, 4.69) is 13.8 Å². The Labute approximate surface area is 139 Å². The summed E-state index contributed by atoms with van der Waals surface area (Å²) in [6, 6.07) is 0. The number of ketones is 1. The first kappa shape index (κ1) is 16.1. The number of carbonyl (C=O) groups excluding carboxylic acids is 1. The number of hydrogen-bond acceptors (Lipinski definition) is 3. The molecular formula is C20H32O3. The standard InChI is InChI=1S/C20H32O3/c1-12-9-19-8-7-14-17(2,3)16(21)20(22,23)11-18(14,4)15(19)6-5-13(12)10-19/h12-15,22-23H,5-11H2,1-4H3/t12-,13-,14+,15-,18+,19+/m1/s1. The van der Waals surface area contributed by atoms with Gasteiger partial charge in [-0.1, -0.05) is 27.7 Å². The Bertz CT molecular complexity index is 547. The van der Waals surface area contributed by atoms with Crippen LogP contribution in [0.15, 0.2) is 0 Å². The van der Waals surface area contributed by atoms with Crippen LogP contribution in [0.4, 0.5) is 0 Å². The van der Waals surface area contributed by atoms with E-state index in [0.29, 0.717) is 11.3 Å². The van der Waals surface area contributed by atoms with E-state index in [1.54, 1.807) is 0 Å². The zero-order chi connectivity index (χ0) is 16.8. The predicted molar refractivity (Wildman–Crippen MR) is 88.4 cm³/mol. The second-order valence-corrected chi connectivity index (χ2v) is 10.3. The molecule has 0 heterocycles. The van der Waals surface area contributed by atoms with Crippen LogP contribution >= 0.6 is 0 Å².